The molecule has 1 saturated carbocycles. The first-order valence-corrected chi connectivity index (χ1v) is 6.71. The molecule has 1 fully saturated rings. The molecule has 2 N–H and O–H groups in total. The van der Waals surface area contributed by atoms with Gasteiger partial charge in [-0.25, -0.2) is 9.97 Å². The second-order valence-corrected chi connectivity index (χ2v) is 4.97. The summed E-state index contributed by atoms with van der Waals surface area (Å²) >= 11 is 0. The van der Waals surface area contributed by atoms with Crippen LogP contribution in [0.2, 0.25) is 0 Å². The molecule has 0 aromatic carbocycles. The van der Waals surface area contributed by atoms with E-state index < -0.39 is 5.60 Å². The summed E-state index contributed by atoms with van der Waals surface area (Å²) in [6.45, 7) is 0. The average Bonchev–Trinajstić information content (AvgIpc) is 2.98. The zero-order chi connectivity index (χ0) is 14.0. The highest BCUT2D eigenvalue weighted by Crippen LogP contribution is 2.39. The Hall–Kier alpha value is -2.02. The molecule has 0 aliphatic heterocycles. The molecule has 2 aromatic heterocycles. The van der Waals surface area contributed by atoms with Crippen LogP contribution in [-0.2, 0) is 10.3 Å². The number of ether oxygens (including phenoxy) is 1. The van der Waals surface area contributed by atoms with Crippen molar-refractivity contribution in [2.75, 3.05) is 12.8 Å². The number of nitrogens with zero attached hydrogens (tertiary/aromatic N) is 4. The predicted octanol–water partition coefficient (Wildman–Crippen LogP) is 1.91. The lowest BCUT2D eigenvalue weighted by atomic mass is 9.84. The van der Waals surface area contributed by atoms with Gasteiger partial charge in [0, 0.05) is 19.5 Å². The zero-order valence-electron chi connectivity index (χ0n) is 11.4. The van der Waals surface area contributed by atoms with Crippen molar-refractivity contribution in [2.45, 2.75) is 37.7 Å². The predicted molar refractivity (Wildman–Crippen MR) is 71.5 cm³/mol. The van der Waals surface area contributed by atoms with Gasteiger partial charge in [0.2, 0.25) is 5.82 Å². The van der Waals surface area contributed by atoms with E-state index in [-0.39, 0.29) is 11.7 Å². The molecule has 0 spiro atoms. The smallest absolute Gasteiger partial charge is 0.280 e. The Morgan fingerprint density at radius 2 is 1.95 bits per heavy atom. The highest BCUT2D eigenvalue weighted by atomic mass is 16.5. The lowest BCUT2D eigenvalue weighted by molar-refractivity contribution is -0.0527. The van der Waals surface area contributed by atoms with Gasteiger partial charge in [0.05, 0.1) is 0 Å². The summed E-state index contributed by atoms with van der Waals surface area (Å²) < 4.78 is 11.0. The molecular formula is C13H17N5O2. The summed E-state index contributed by atoms with van der Waals surface area (Å²) in [5.41, 5.74) is 5.74. The van der Waals surface area contributed by atoms with E-state index in [1.54, 1.807) is 13.3 Å². The molecule has 0 radical (unpaired) electrons. The second-order valence-electron chi connectivity index (χ2n) is 4.97. The molecule has 0 atom stereocenters. The van der Waals surface area contributed by atoms with E-state index >= 15 is 0 Å². The standard InChI is InChI=1S/C13H17N5O2/c1-19-13(5-3-2-4-6-13)12-17-11(20-18-12)9-10(14)16-8-7-15-9/h7-8H,2-6H2,1H3,(H2,14,16). The van der Waals surface area contributed by atoms with E-state index in [4.69, 9.17) is 15.0 Å². The molecular weight excluding hydrogens is 258 g/mol. The molecule has 7 heteroatoms. The van der Waals surface area contributed by atoms with Crippen LogP contribution in [0.3, 0.4) is 0 Å². The van der Waals surface area contributed by atoms with Crippen molar-refractivity contribution >= 4 is 5.82 Å². The summed E-state index contributed by atoms with van der Waals surface area (Å²) in [6.07, 6.45) is 8.29. The SMILES string of the molecule is COC1(c2noc(-c3nccnc3N)n2)CCCCC1. The number of aromatic nitrogens is 4. The van der Waals surface area contributed by atoms with Gasteiger partial charge in [0.25, 0.3) is 5.89 Å². The maximum Gasteiger partial charge on any atom is 0.280 e. The van der Waals surface area contributed by atoms with Gasteiger partial charge in [-0.2, -0.15) is 4.98 Å². The Bertz CT molecular complexity index is 592. The van der Waals surface area contributed by atoms with Gasteiger partial charge >= 0.3 is 0 Å². The van der Waals surface area contributed by atoms with E-state index in [2.05, 4.69) is 20.1 Å². The zero-order valence-corrected chi connectivity index (χ0v) is 11.4. The van der Waals surface area contributed by atoms with Crippen LogP contribution in [0.4, 0.5) is 5.82 Å². The van der Waals surface area contributed by atoms with Gasteiger partial charge in [-0.15, -0.1) is 0 Å². The molecule has 2 aromatic rings. The molecule has 3 rings (SSSR count). The minimum atomic E-state index is -0.447. The highest BCUT2D eigenvalue weighted by Gasteiger charge is 2.38. The molecule has 7 nitrogen and oxygen atoms in total. The van der Waals surface area contributed by atoms with Gasteiger partial charge in [0.1, 0.15) is 5.60 Å². The van der Waals surface area contributed by atoms with Crippen LogP contribution in [0, 0.1) is 0 Å². The Morgan fingerprint density at radius 1 is 1.20 bits per heavy atom. The van der Waals surface area contributed by atoms with Crippen molar-refractivity contribution in [1.29, 1.82) is 0 Å². The van der Waals surface area contributed by atoms with E-state index in [9.17, 15) is 0 Å². The van der Waals surface area contributed by atoms with E-state index in [0.29, 0.717) is 11.5 Å². The van der Waals surface area contributed by atoms with Crippen molar-refractivity contribution in [3.63, 3.8) is 0 Å². The Balaban J connectivity index is 1.95. The number of anilines is 1. The van der Waals surface area contributed by atoms with Crippen LogP contribution in [0.5, 0.6) is 0 Å². The van der Waals surface area contributed by atoms with Crippen molar-refractivity contribution in [1.82, 2.24) is 20.1 Å². The average molecular weight is 275 g/mol. The third-order valence-corrected chi connectivity index (χ3v) is 3.81. The van der Waals surface area contributed by atoms with E-state index in [0.717, 1.165) is 25.7 Å². The van der Waals surface area contributed by atoms with Crippen LogP contribution in [0.15, 0.2) is 16.9 Å². The quantitative estimate of drug-likeness (QED) is 0.913. The monoisotopic (exact) mass is 275 g/mol. The van der Waals surface area contributed by atoms with E-state index in [1.807, 2.05) is 0 Å². The summed E-state index contributed by atoms with van der Waals surface area (Å²) in [7, 11) is 1.69. The summed E-state index contributed by atoms with van der Waals surface area (Å²) in [4.78, 5) is 12.5. The molecule has 1 aliphatic carbocycles. The van der Waals surface area contributed by atoms with E-state index in [1.165, 1.54) is 12.6 Å². The number of rotatable bonds is 3. The van der Waals surface area contributed by atoms with Crippen molar-refractivity contribution < 1.29 is 9.26 Å². The van der Waals surface area contributed by atoms with Crippen molar-refractivity contribution in [3.8, 4) is 11.6 Å². The number of hydrogen-bond acceptors (Lipinski definition) is 7. The minimum Gasteiger partial charge on any atom is -0.382 e. The number of methoxy groups -OCH3 is 1. The van der Waals surface area contributed by atoms with Crippen molar-refractivity contribution in [2.24, 2.45) is 0 Å². The Kier molecular flexibility index (Phi) is 3.35. The lowest BCUT2D eigenvalue weighted by Gasteiger charge is -2.32. The fourth-order valence-electron chi connectivity index (χ4n) is 2.66. The number of nitrogen functional groups attached to an aromatic ring is 1. The van der Waals surface area contributed by atoms with Crippen LogP contribution in [-0.4, -0.2) is 27.2 Å². The molecule has 20 heavy (non-hydrogen) atoms. The van der Waals surface area contributed by atoms with Crippen molar-refractivity contribution in [3.05, 3.63) is 18.2 Å². The third kappa shape index (κ3) is 2.14. The van der Waals surface area contributed by atoms with Gasteiger partial charge in [0.15, 0.2) is 11.5 Å². The summed E-state index contributed by atoms with van der Waals surface area (Å²) in [6, 6.07) is 0. The largest absolute Gasteiger partial charge is 0.382 e. The molecule has 2 heterocycles. The molecule has 106 valence electrons. The first-order valence-electron chi connectivity index (χ1n) is 6.71. The molecule has 0 saturated heterocycles. The van der Waals surface area contributed by atoms with Gasteiger partial charge in [-0.05, 0) is 12.8 Å². The minimum absolute atomic E-state index is 0.276. The Morgan fingerprint density at radius 3 is 2.65 bits per heavy atom. The van der Waals surface area contributed by atoms with Crippen LogP contribution in [0.25, 0.3) is 11.6 Å². The van der Waals surface area contributed by atoms with Crippen LogP contribution in [0.1, 0.15) is 37.9 Å². The van der Waals surface area contributed by atoms with Crippen LogP contribution < -0.4 is 5.73 Å². The summed E-state index contributed by atoms with van der Waals surface area (Å²) in [5.74, 6) is 1.13. The van der Waals surface area contributed by atoms with Crippen LogP contribution >= 0.6 is 0 Å². The first-order chi connectivity index (χ1) is 9.75. The molecule has 1 aliphatic rings. The molecule has 0 amide bonds. The summed E-state index contributed by atoms with van der Waals surface area (Å²) in [5, 5.41) is 4.07. The molecule has 0 bridgehead atoms. The normalized spacial score (nSPS) is 18.1. The first kappa shape index (κ1) is 13.0. The lowest BCUT2D eigenvalue weighted by Crippen LogP contribution is -2.32. The molecule has 0 unspecified atom stereocenters. The third-order valence-electron chi connectivity index (χ3n) is 3.81. The van der Waals surface area contributed by atoms with Gasteiger partial charge < -0.3 is 15.0 Å². The number of hydrogen-bond donors (Lipinski definition) is 1. The van der Waals surface area contributed by atoms with Gasteiger partial charge in [-0.3, -0.25) is 0 Å². The fourth-order valence-corrected chi connectivity index (χ4v) is 2.66. The maximum atomic E-state index is 5.77. The van der Waals surface area contributed by atoms with Gasteiger partial charge in [-0.1, -0.05) is 24.4 Å². The topological polar surface area (TPSA) is 100.0 Å². The number of nitrogens with two attached hydrogens (primary N) is 1. The second kappa shape index (κ2) is 5.16. The highest BCUT2D eigenvalue weighted by molar-refractivity contribution is 5.61. The Labute approximate surface area is 116 Å². The fraction of sp³-hybridized carbons (Fsp3) is 0.538. The maximum absolute atomic E-state index is 5.77.